The van der Waals surface area contributed by atoms with E-state index in [4.69, 9.17) is 4.74 Å². The number of aliphatic hydroxyl groups is 3. The number of aliphatic hydroxyl groups excluding tert-OH is 3. The topological polar surface area (TPSA) is 101 Å². The second-order valence-electron chi connectivity index (χ2n) is 5.39. The van der Waals surface area contributed by atoms with Crippen LogP contribution in [0.2, 0.25) is 0 Å². The first-order valence-electron chi connectivity index (χ1n) is 7.18. The maximum absolute atomic E-state index is 10.2. The summed E-state index contributed by atoms with van der Waals surface area (Å²) in [5.41, 5.74) is 2.22. The van der Waals surface area contributed by atoms with Crippen LogP contribution in [-0.4, -0.2) is 54.8 Å². The van der Waals surface area contributed by atoms with Crippen molar-refractivity contribution in [1.82, 2.24) is 14.5 Å². The molecule has 4 atom stereocenters. The fraction of sp³-hybridized carbons (Fsp3) is 0.333. The van der Waals surface area contributed by atoms with Gasteiger partial charge in [0.25, 0.3) is 0 Å². The molecule has 0 spiro atoms. The molecule has 1 saturated heterocycles. The van der Waals surface area contributed by atoms with Crippen molar-refractivity contribution in [3.05, 3.63) is 36.1 Å². The molecule has 120 valence electrons. The van der Waals surface area contributed by atoms with E-state index in [1.165, 1.54) is 0 Å². The number of aromatic nitrogens is 3. The summed E-state index contributed by atoms with van der Waals surface area (Å²) in [6, 6.07) is 5.70. The molecule has 1 fully saturated rings. The van der Waals surface area contributed by atoms with Gasteiger partial charge < -0.3 is 24.6 Å². The lowest BCUT2D eigenvalue weighted by Crippen LogP contribution is -2.33. The molecule has 23 heavy (non-hydrogen) atoms. The van der Waals surface area contributed by atoms with Crippen LogP contribution in [0.1, 0.15) is 6.23 Å². The molecule has 4 rings (SSSR count). The number of imidazole rings is 1. The molecule has 3 aromatic rings. The Balaban J connectivity index is 1.80. The van der Waals surface area contributed by atoms with E-state index >= 15 is 0 Å². The molecule has 0 aliphatic carbocycles. The summed E-state index contributed by atoms with van der Waals surface area (Å²) in [7, 11) is 0. The van der Waals surface area contributed by atoms with Gasteiger partial charge in [-0.3, -0.25) is 4.98 Å². The minimum Gasteiger partial charge on any atom is -0.394 e. The smallest absolute Gasteiger partial charge is 0.164 e. The predicted octanol–water partition coefficient (Wildman–Crippen LogP) is 0.771. The molecular formula is C15H15N3O4S. The van der Waals surface area contributed by atoms with Crippen LogP contribution in [0.15, 0.2) is 36.1 Å². The van der Waals surface area contributed by atoms with Gasteiger partial charge in [-0.2, -0.15) is 0 Å². The highest BCUT2D eigenvalue weighted by Gasteiger charge is 2.43. The van der Waals surface area contributed by atoms with E-state index in [2.05, 4.69) is 9.97 Å². The van der Waals surface area contributed by atoms with Gasteiger partial charge in [0.1, 0.15) is 29.5 Å². The maximum Gasteiger partial charge on any atom is 0.164 e. The minimum absolute atomic E-state index is 0.358. The van der Waals surface area contributed by atoms with Gasteiger partial charge in [-0.05, 0) is 17.5 Å². The average Bonchev–Trinajstić information content (AvgIpc) is 3.28. The highest BCUT2D eigenvalue weighted by atomic mass is 32.1. The van der Waals surface area contributed by atoms with E-state index in [9.17, 15) is 15.3 Å². The van der Waals surface area contributed by atoms with Crippen LogP contribution in [0.5, 0.6) is 0 Å². The Kier molecular flexibility index (Phi) is 3.63. The number of rotatable bonds is 3. The number of thiophene rings is 1. The van der Waals surface area contributed by atoms with Crippen LogP contribution in [-0.2, 0) is 4.74 Å². The van der Waals surface area contributed by atoms with Crippen molar-refractivity contribution >= 4 is 22.4 Å². The van der Waals surface area contributed by atoms with Crippen molar-refractivity contribution in [1.29, 1.82) is 0 Å². The zero-order valence-corrected chi connectivity index (χ0v) is 12.8. The van der Waals surface area contributed by atoms with Crippen molar-refractivity contribution < 1.29 is 20.1 Å². The zero-order chi connectivity index (χ0) is 16.0. The zero-order valence-electron chi connectivity index (χ0n) is 12.0. The van der Waals surface area contributed by atoms with Crippen LogP contribution >= 0.6 is 11.3 Å². The van der Waals surface area contributed by atoms with Crippen LogP contribution in [0.4, 0.5) is 0 Å². The molecule has 0 amide bonds. The molecule has 0 saturated carbocycles. The predicted molar refractivity (Wildman–Crippen MR) is 83.9 cm³/mol. The molecule has 0 radical (unpaired) electrons. The largest absolute Gasteiger partial charge is 0.394 e. The monoisotopic (exact) mass is 333 g/mol. The normalized spacial score (nSPS) is 27.8. The molecule has 4 heterocycles. The van der Waals surface area contributed by atoms with Gasteiger partial charge in [-0.25, -0.2) is 4.98 Å². The third-order valence-corrected chi connectivity index (χ3v) is 4.91. The van der Waals surface area contributed by atoms with E-state index in [0.717, 1.165) is 16.1 Å². The van der Waals surface area contributed by atoms with Crippen molar-refractivity contribution in [3.8, 4) is 10.6 Å². The van der Waals surface area contributed by atoms with Crippen molar-refractivity contribution in [3.63, 3.8) is 0 Å². The molecule has 8 heteroatoms. The summed E-state index contributed by atoms with van der Waals surface area (Å²) in [4.78, 5) is 9.80. The summed E-state index contributed by atoms with van der Waals surface area (Å²) in [5, 5.41) is 31.3. The van der Waals surface area contributed by atoms with Crippen LogP contribution in [0.25, 0.3) is 21.6 Å². The van der Waals surface area contributed by atoms with Gasteiger partial charge in [0, 0.05) is 6.20 Å². The Bertz CT molecular complexity index is 819. The fourth-order valence-electron chi connectivity index (χ4n) is 2.87. The molecule has 1 aliphatic heterocycles. The molecule has 1 aliphatic rings. The first-order valence-corrected chi connectivity index (χ1v) is 8.06. The lowest BCUT2D eigenvalue weighted by molar-refractivity contribution is -0.0508. The quantitative estimate of drug-likeness (QED) is 0.655. The minimum atomic E-state index is -1.14. The Morgan fingerprint density at radius 2 is 2.09 bits per heavy atom. The van der Waals surface area contributed by atoms with E-state index in [0.29, 0.717) is 5.52 Å². The third-order valence-electron chi connectivity index (χ3n) is 4.04. The molecule has 7 nitrogen and oxygen atoms in total. The van der Waals surface area contributed by atoms with Gasteiger partial charge in [0.15, 0.2) is 6.23 Å². The van der Waals surface area contributed by atoms with Gasteiger partial charge in [0.05, 0.1) is 23.3 Å². The number of hydrogen-bond acceptors (Lipinski definition) is 7. The Morgan fingerprint density at radius 1 is 1.22 bits per heavy atom. The summed E-state index contributed by atoms with van der Waals surface area (Å²) >= 11 is 1.57. The number of nitrogens with zero attached hydrogens (tertiary/aromatic N) is 3. The molecule has 0 unspecified atom stereocenters. The van der Waals surface area contributed by atoms with Crippen LogP contribution in [0, 0.1) is 0 Å². The first-order chi connectivity index (χ1) is 11.2. The SMILES string of the molecule is OC[C@H]1O[C@@H](n2cnc3c(-c4cccs4)nccc32)[C@H](O)[C@@H]1O. The average molecular weight is 333 g/mol. The number of ether oxygens (including phenoxy) is 1. The van der Waals surface area contributed by atoms with Crippen molar-refractivity contribution in [2.45, 2.75) is 24.5 Å². The second-order valence-corrected chi connectivity index (χ2v) is 6.33. The summed E-state index contributed by atoms with van der Waals surface area (Å²) in [6.07, 6.45) is -0.651. The standard InChI is InChI=1S/C15H15N3O4S/c19-6-9-13(20)14(21)15(22-9)18-7-17-11-8(18)3-4-16-12(11)10-2-1-5-23-10/h1-5,7,9,13-15,19-21H,6H2/t9-,13-,14-,15-/m1/s1. The second kappa shape index (κ2) is 5.66. The van der Waals surface area contributed by atoms with E-state index in [1.54, 1.807) is 34.5 Å². The van der Waals surface area contributed by atoms with Crippen molar-refractivity contribution in [2.75, 3.05) is 6.61 Å². The molecular weight excluding hydrogens is 318 g/mol. The summed E-state index contributed by atoms with van der Waals surface area (Å²) in [6.45, 7) is -0.358. The van der Waals surface area contributed by atoms with Gasteiger partial charge in [-0.1, -0.05) is 6.07 Å². The maximum atomic E-state index is 10.2. The Labute approximate surface area is 135 Å². The lowest BCUT2D eigenvalue weighted by atomic mass is 10.1. The summed E-state index contributed by atoms with van der Waals surface area (Å²) < 4.78 is 7.24. The van der Waals surface area contributed by atoms with Gasteiger partial charge in [-0.15, -0.1) is 11.3 Å². The Hall–Kier alpha value is -1.84. The Morgan fingerprint density at radius 3 is 2.78 bits per heavy atom. The highest BCUT2D eigenvalue weighted by Crippen LogP contribution is 2.34. The number of pyridine rings is 1. The molecule has 3 N–H and O–H groups in total. The first kappa shape index (κ1) is 14.7. The van der Waals surface area contributed by atoms with Crippen LogP contribution < -0.4 is 0 Å². The number of hydrogen-bond donors (Lipinski definition) is 3. The van der Waals surface area contributed by atoms with Crippen molar-refractivity contribution in [2.24, 2.45) is 0 Å². The van der Waals surface area contributed by atoms with Gasteiger partial charge >= 0.3 is 0 Å². The third kappa shape index (κ3) is 2.27. The lowest BCUT2D eigenvalue weighted by Gasteiger charge is -2.17. The molecule has 0 bridgehead atoms. The van der Waals surface area contributed by atoms with E-state index < -0.39 is 24.5 Å². The fourth-order valence-corrected chi connectivity index (χ4v) is 3.59. The number of fused-ring (bicyclic) bond motifs is 1. The summed E-state index contributed by atoms with van der Waals surface area (Å²) in [5.74, 6) is 0. The molecule has 0 aromatic carbocycles. The molecule has 3 aromatic heterocycles. The van der Waals surface area contributed by atoms with Gasteiger partial charge in [0.2, 0.25) is 0 Å². The van der Waals surface area contributed by atoms with E-state index in [-0.39, 0.29) is 6.61 Å². The highest BCUT2D eigenvalue weighted by molar-refractivity contribution is 7.13. The van der Waals surface area contributed by atoms with E-state index in [1.807, 2.05) is 17.5 Å². The van der Waals surface area contributed by atoms with Crippen LogP contribution in [0.3, 0.4) is 0 Å².